The van der Waals surface area contributed by atoms with Crippen LogP contribution in [0.5, 0.6) is 0 Å². The van der Waals surface area contributed by atoms with Gasteiger partial charge in [-0.15, -0.1) is 0 Å². The molecule has 0 aliphatic rings. The Morgan fingerprint density at radius 2 is 1.40 bits per heavy atom. The van der Waals surface area contributed by atoms with Crippen molar-refractivity contribution < 1.29 is 9.07 Å². The lowest BCUT2D eigenvalue weighted by atomic mass is 9.83. The molecule has 6 aromatic rings. The van der Waals surface area contributed by atoms with Crippen molar-refractivity contribution in [1.82, 2.24) is 4.57 Å². The number of aromatic nitrogens is 1. The number of benzene rings is 4. The first-order chi connectivity index (χ1) is 16.7. The van der Waals surface area contributed by atoms with Gasteiger partial charge in [-0.2, -0.15) is 12.6 Å². The third-order valence-corrected chi connectivity index (χ3v) is 7.97. The third kappa shape index (κ3) is 3.65. The summed E-state index contributed by atoms with van der Waals surface area (Å²) < 4.78 is 14.6. The van der Waals surface area contributed by atoms with Gasteiger partial charge in [-0.1, -0.05) is 54.0 Å². The monoisotopic (exact) mass is 477 g/mol. The van der Waals surface area contributed by atoms with E-state index in [2.05, 4.69) is 105 Å². The van der Waals surface area contributed by atoms with Crippen LogP contribution in [0.25, 0.3) is 49.4 Å². The van der Waals surface area contributed by atoms with Crippen molar-refractivity contribution in [2.75, 3.05) is 0 Å². The number of thiol groups is 1. The smallest absolute Gasteiger partial charge is 0.309 e. The number of hydrogen-bond acceptors (Lipinski definition) is 3. The largest absolute Gasteiger partial charge is 0.456 e. The van der Waals surface area contributed by atoms with E-state index in [4.69, 9.17) is 21.7 Å². The molecule has 6 rings (SSSR count). The van der Waals surface area contributed by atoms with Gasteiger partial charge >= 0.3 is 7.48 Å². The summed E-state index contributed by atoms with van der Waals surface area (Å²) in [6, 6.07) is 29.9. The molecule has 0 aliphatic heterocycles. The molecule has 0 unspecified atom stereocenters. The van der Waals surface area contributed by atoms with Crippen LogP contribution in [-0.2, 0) is 4.65 Å². The second kappa shape index (κ2) is 7.94. The first-order valence-electron chi connectivity index (χ1n) is 12.0. The quantitative estimate of drug-likeness (QED) is 0.211. The van der Waals surface area contributed by atoms with E-state index in [9.17, 15) is 0 Å². The molecular weight excluding hydrogens is 449 g/mol. The number of hydrogen-bond donors (Lipinski definition) is 1. The van der Waals surface area contributed by atoms with Gasteiger partial charge in [-0.05, 0) is 58.0 Å². The van der Waals surface area contributed by atoms with Crippen molar-refractivity contribution in [3.05, 3.63) is 84.9 Å². The average molecular weight is 477 g/mol. The molecule has 0 fully saturated rings. The Balaban J connectivity index is 1.48. The molecule has 0 spiro atoms. The van der Waals surface area contributed by atoms with Crippen LogP contribution in [0.3, 0.4) is 0 Å². The lowest BCUT2D eigenvalue weighted by Gasteiger charge is -2.38. The summed E-state index contributed by atoms with van der Waals surface area (Å²) in [7, 11) is 0.539. The predicted octanol–water partition coefficient (Wildman–Crippen LogP) is 7.16. The number of nitrogens with zero attached hydrogens (tertiary/aromatic N) is 1. The maximum atomic E-state index is 6.31. The normalized spacial score (nSPS) is 12.8. The van der Waals surface area contributed by atoms with E-state index in [1.807, 2.05) is 12.1 Å². The lowest BCUT2D eigenvalue weighted by molar-refractivity contribution is 0.0855. The summed E-state index contributed by atoms with van der Waals surface area (Å²) in [5.41, 5.74) is 6.03. The molecule has 0 N–H and O–H groups in total. The highest BCUT2D eigenvalue weighted by molar-refractivity contribution is 7.81. The first kappa shape index (κ1) is 22.3. The zero-order valence-corrected chi connectivity index (χ0v) is 21.4. The molecule has 0 atom stereocenters. The van der Waals surface area contributed by atoms with Crippen molar-refractivity contribution in [2.24, 2.45) is 0 Å². The van der Waals surface area contributed by atoms with Crippen molar-refractivity contribution in [1.29, 1.82) is 0 Å². The Kier molecular flexibility index (Phi) is 5.06. The van der Waals surface area contributed by atoms with E-state index in [-0.39, 0.29) is 10.3 Å². The molecule has 0 radical (unpaired) electrons. The van der Waals surface area contributed by atoms with Gasteiger partial charge in [0.2, 0.25) is 0 Å². The maximum Gasteiger partial charge on any atom is 0.309 e. The summed E-state index contributed by atoms with van der Waals surface area (Å²) >= 11 is 4.74. The van der Waals surface area contributed by atoms with Gasteiger partial charge in [-0.3, -0.25) is 0 Å². The van der Waals surface area contributed by atoms with E-state index in [0.29, 0.717) is 7.48 Å². The summed E-state index contributed by atoms with van der Waals surface area (Å²) in [4.78, 5) is 0. The summed E-state index contributed by atoms with van der Waals surface area (Å²) in [5, 5.41) is 4.73. The van der Waals surface area contributed by atoms with Crippen LogP contribution in [0.1, 0.15) is 27.7 Å². The van der Waals surface area contributed by atoms with Crippen LogP contribution in [0.15, 0.2) is 89.3 Å². The Labute approximate surface area is 211 Å². The van der Waals surface area contributed by atoms with Gasteiger partial charge in [-0.25, -0.2) is 0 Å². The molecule has 3 nitrogen and oxygen atoms in total. The average Bonchev–Trinajstić information content (AvgIpc) is 3.37. The molecule has 0 bridgehead atoms. The minimum absolute atomic E-state index is 0.248. The third-order valence-electron chi connectivity index (χ3n) is 7.43. The maximum absolute atomic E-state index is 6.31. The highest BCUT2D eigenvalue weighted by Gasteiger charge is 2.34. The van der Waals surface area contributed by atoms with Crippen LogP contribution in [0, 0.1) is 0 Å². The Hall–Kier alpha value is -3.15. The summed E-state index contributed by atoms with van der Waals surface area (Å²) in [6.07, 6.45) is 0. The van der Waals surface area contributed by atoms with Gasteiger partial charge in [0, 0.05) is 38.0 Å². The van der Waals surface area contributed by atoms with E-state index < -0.39 is 0 Å². The molecular formula is C30H28BNO2S. The van der Waals surface area contributed by atoms with Crippen LogP contribution in [0.2, 0.25) is 0 Å². The predicted molar refractivity (Wildman–Crippen MR) is 153 cm³/mol. The van der Waals surface area contributed by atoms with Crippen molar-refractivity contribution in [2.45, 2.75) is 38.0 Å². The molecule has 2 aromatic heterocycles. The van der Waals surface area contributed by atoms with Gasteiger partial charge < -0.3 is 13.6 Å². The number of para-hydroxylation sites is 2. The molecule has 4 aromatic carbocycles. The van der Waals surface area contributed by atoms with E-state index in [1.165, 1.54) is 21.8 Å². The summed E-state index contributed by atoms with van der Waals surface area (Å²) in [6.45, 7) is 8.37. The van der Waals surface area contributed by atoms with Crippen LogP contribution >= 0.6 is 12.6 Å². The van der Waals surface area contributed by atoms with Crippen molar-refractivity contribution in [3.63, 3.8) is 0 Å². The summed E-state index contributed by atoms with van der Waals surface area (Å²) in [5.74, 6) is 0. The number of rotatable bonds is 5. The van der Waals surface area contributed by atoms with E-state index in [1.54, 1.807) is 0 Å². The Morgan fingerprint density at radius 1 is 0.714 bits per heavy atom. The van der Waals surface area contributed by atoms with Gasteiger partial charge in [0.15, 0.2) is 0 Å². The van der Waals surface area contributed by atoms with Crippen molar-refractivity contribution >= 4 is 69.3 Å². The highest BCUT2D eigenvalue weighted by atomic mass is 32.1. The Bertz CT molecular complexity index is 1720. The van der Waals surface area contributed by atoms with E-state index >= 15 is 0 Å². The Morgan fingerprint density at radius 3 is 2.20 bits per heavy atom. The number of furan rings is 1. The zero-order valence-electron chi connectivity index (χ0n) is 20.5. The fourth-order valence-electron chi connectivity index (χ4n) is 4.68. The molecule has 174 valence electrons. The number of fused-ring (bicyclic) bond motifs is 6. The van der Waals surface area contributed by atoms with Gasteiger partial charge in [0.05, 0.1) is 16.6 Å². The van der Waals surface area contributed by atoms with Gasteiger partial charge in [0.25, 0.3) is 0 Å². The molecule has 2 heterocycles. The zero-order chi connectivity index (χ0) is 24.4. The van der Waals surface area contributed by atoms with Crippen molar-refractivity contribution in [3.8, 4) is 5.69 Å². The fraction of sp³-hybridized carbons (Fsp3) is 0.200. The first-order valence-corrected chi connectivity index (χ1v) is 12.5. The lowest BCUT2D eigenvalue weighted by Crippen LogP contribution is -2.45. The molecule has 5 heteroatoms. The van der Waals surface area contributed by atoms with Gasteiger partial charge in [0.1, 0.15) is 11.2 Å². The molecule has 0 amide bonds. The second-order valence-electron chi connectivity index (χ2n) is 10.3. The second-order valence-corrected chi connectivity index (χ2v) is 11.5. The van der Waals surface area contributed by atoms with E-state index in [0.717, 1.165) is 33.1 Å². The van der Waals surface area contributed by atoms with Crippen LogP contribution < -0.4 is 5.46 Å². The van der Waals surface area contributed by atoms with Crippen LogP contribution in [-0.4, -0.2) is 22.4 Å². The minimum Gasteiger partial charge on any atom is -0.456 e. The topological polar surface area (TPSA) is 27.3 Å². The minimum atomic E-state index is -0.360. The standard InChI is InChI=1S/C30H28BNO2S/c1-29(2,30(3,4)35)34-31-19-13-16-26-24(17-19)21-9-5-7-11-25(21)32(26)20-14-15-23-22-10-6-8-12-27(22)33-28(23)18-20/h5-18,31,35H,1-4H3. The van der Waals surface area contributed by atoms with Crippen LogP contribution in [0.4, 0.5) is 0 Å². The fourth-order valence-corrected chi connectivity index (χ4v) is 4.75. The SMILES string of the molecule is CC(C)(S)C(C)(C)OBc1ccc2c(c1)c1ccccc1n2-c1ccc2c(c1)oc1ccccc12. The molecule has 0 saturated heterocycles. The molecule has 0 aliphatic carbocycles. The molecule has 35 heavy (non-hydrogen) atoms. The highest BCUT2D eigenvalue weighted by Crippen LogP contribution is 2.35. The molecule has 0 saturated carbocycles.